The highest BCUT2D eigenvalue weighted by atomic mass is 35.5. The van der Waals surface area contributed by atoms with E-state index in [1.165, 1.54) is 0 Å². The first kappa shape index (κ1) is 15.1. The molecule has 0 spiro atoms. The minimum atomic E-state index is -0.161. The number of rotatable bonds is 4. The summed E-state index contributed by atoms with van der Waals surface area (Å²) in [6, 6.07) is 5.55. The molecule has 2 rings (SSSR count). The SMILES string of the molecule is Cc1ccc(NC(=O)N(CCO)C2CCCC2)cc1Cl. The van der Waals surface area contributed by atoms with Crippen LogP contribution in [0.15, 0.2) is 18.2 Å². The van der Waals surface area contributed by atoms with Gasteiger partial charge >= 0.3 is 6.03 Å². The van der Waals surface area contributed by atoms with Crippen molar-refractivity contribution in [3.63, 3.8) is 0 Å². The van der Waals surface area contributed by atoms with Crippen molar-refractivity contribution in [3.8, 4) is 0 Å². The average molecular weight is 297 g/mol. The molecule has 1 aromatic rings. The molecule has 0 bridgehead atoms. The molecule has 0 aliphatic heterocycles. The standard InChI is InChI=1S/C15H21ClN2O2/c1-11-6-7-12(10-14(11)16)17-15(20)18(8-9-19)13-4-2-3-5-13/h6-7,10,13,19H,2-5,8-9H2,1H3,(H,17,20). The summed E-state index contributed by atoms with van der Waals surface area (Å²) < 4.78 is 0. The summed E-state index contributed by atoms with van der Waals surface area (Å²) in [6.07, 6.45) is 4.33. The summed E-state index contributed by atoms with van der Waals surface area (Å²) in [6.45, 7) is 2.28. The van der Waals surface area contributed by atoms with Crippen molar-refractivity contribution in [2.24, 2.45) is 0 Å². The van der Waals surface area contributed by atoms with E-state index in [1.54, 1.807) is 11.0 Å². The highest BCUT2D eigenvalue weighted by molar-refractivity contribution is 6.31. The zero-order valence-corrected chi connectivity index (χ0v) is 12.5. The van der Waals surface area contributed by atoms with Gasteiger partial charge in [0, 0.05) is 23.3 Å². The van der Waals surface area contributed by atoms with Crippen LogP contribution >= 0.6 is 11.6 Å². The Balaban J connectivity index is 2.05. The van der Waals surface area contributed by atoms with Crippen LogP contribution in [0.5, 0.6) is 0 Å². The fourth-order valence-electron chi connectivity index (χ4n) is 2.64. The molecule has 1 fully saturated rings. The third kappa shape index (κ3) is 3.64. The van der Waals surface area contributed by atoms with Crippen molar-refractivity contribution in [1.29, 1.82) is 0 Å². The number of amides is 2. The quantitative estimate of drug-likeness (QED) is 0.894. The number of halogens is 1. The molecule has 1 aliphatic rings. The van der Waals surface area contributed by atoms with E-state index in [0.717, 1.165) is 31.2 Å². The van der Waals surface area contributed by atoms with Gasteiger partial charge in [-0.2, -0.15) is 0 Å². The van der Waals surface area contributed by atoms with Gasteiger partial charge in [-0.15, -0.1) is 0 Å². The lowest BCUT2D eigenvalue weighted by Gasteiger charge is -2.28. The Kier molecular flexibility index (Phi) is 5.26. The Morgan fingerprint density at radius 2 is 2.15 bits per heavy atom. The first-order valence-electron chi connectivity index (χ1n) is 7.06. The number of nitrogens with one attached hydrogen (secondary N) is 1. The summed E-state index contributed by atoms with van der Waals surface area (Å²) in [4.78, 5) is 14.1. The van der Waals surface area contributed by atoms with Crippen molar-refractivity contribution in [2.75, 3.05) is 18.5 Å². The number of benzene rings is 1. The maximum atomic E-state index is 12.3. The number of carbonyl (C=O) groups is 1. The molecule has 110 valence electrons. The lowest BCUT2D eigenvalue weighted by Crippen LogP contribution is -2.43. The Labute approximate surface area is 124 Å². The largest absolute Gasteiger partial charge is 0.395 e. The Morgan fingerprint density at radius 1 is 1.45 bits per heavy atom. The van der Waals surface area contributed by atoms with E-state index in [1.807, 2.05) is 19.1 Å². The molecular weight excluding hydrogens is 276 g/mol. The molecule has 4 nitrogen and oxygen atoms in total. The molecule has 5 heteroatoms. The van der Waals surface area contributed by atoms with Crippen LogP contribution in [0, 0.1) is 6.92 Å². The fraction of sp³-hybridized carbons (Fsp3) is 0.533. The highest BCUT2D eigenvalue weighted by Gasteiger charge is 2.26. The van der Waals surface area contributed by atoms with Crippen LogP contribution < -0.4 is 5.32 Å². The molecule has 1 aliphatic carbocycles. The van der Waals surface area contributed by atoms with Crippen LogP contribution in [0.3, 0.4) is 0 Å². The molecule has 0 heterocycles. The van der Waals surface area contributed by atoms with E-state index in [9.17, 15) is 4.79 Å². The predicted molar refractivity (Wildman–Crippen MR) is 81.3 cm³/mol. The van der Waals surface area contributed by atoms with Gasteiger partial charge in [0.05, 0.1) is 6.61 Å². The number of aliphatic hydroxyl groups is 1. The van der Waals surface area contributed by atoms with Gasteiger partial charge in [0.2, 0.25) is 0 Å². The van der Waals surface area contributed by atoms with E-state index in [0.29, 0.717) is 17.3 Å². The normalized spacial score (nSPS) is 15.3. The lowest BCUT2D eigenvalue weighted by atomic mass is 10.2. The summed E-state index contributed by atoms with van der Waals surface area (Å²) in [5.41, 5.74) is 1.67. The summed E-state index contributed by atoms with van der Waals surface area (Å²) in [5, 5.41) is 12.6. The van der Waals surface area contributed by atoms with Crippen LogP contribution in [0.2, 0.25) is 5.02 Å². The van der Waals surface area contributed by atoms with Crippen LogP contribution in [0.1, 0.15) is 31.2 Å². The monoisotopic (exact) mass is 296 g/mol. The van der Waals surface area contributed by atoms with Gasteiger partial charge in [-0.1, -0.05) is 30.5 Å². The third-order valence-corrected chi connectivity index (χ3v) is 4.20. The number of aryl methyl sites for hydroxylation is 1. The fourth-order valence-corrected chi connectivity index (χ4v) is 2.82. The summed E-state index contributed by atoms with van der Waals surface area (Å²) >= 11 is 6.06. The smallest absolute Gasteiger partial charge is 0.322 e. The van der Waals surface area contributed by atoms with E-state index < -0.39 is 0 Å². The molecule has 1 saturated carbocycles. The number of nitrogens with zero attached hydrogens (tertiary/aromatic N) is 1. The van der Waals surface area contributed by atoms with Gasteiger partial charge in [-0.05, 0) is 37.5 Å². The zero-order valence-electron chi connectivity index (χ0n) is 11.7. The van der Waals surface area contributed by atoms with Gasteiger partial charge in [0.25, 0.3) is 0 Å². The second kappa shape index (κ2) is 6.95. The van der Waals surface area contributed by atoms with Crippen LogP contribution in [0.4, 0.5) is 10.5 Å². The molecular formula is C15H21ClN2O2. The minimum absolute atomic E-state index is 0.0153. The molecule has 0 saturated heterocycles. The maximum absolute atomic E-state index is 12.3. The van der Waals surface area contributed by atoms with Crippen molar-refractivity contribution in [1.82, 2.24) is 4.90 Å². The van der Waals surface area contributed by atoms with E-state index in [2.05, 4.69) is 5.32 Å². The minimum Gasteiger partial charge on any atom is -0.395 e. The number of aliphatic hydroxyl groups excluding tert-OH is 1. The van der Waals surface area contributed by atoms with Crippen LogP contribution in [0.25, 0.3) is 0 Å². The molecule has 20 heavy (non-hydrogen) atoms. The molecule has 2 amide bonds. The topological polar surface area (TPSA) is 52.6 Å². The molecule has 0 radical (unpaired) electrons. The Hall–Kier alpha value is -1.26. The number of urea groups is 1. The molecule has 0 aromatic heterocycles. The van der Waals surface area contributed by atoms with Crippen LogP contribution in [-0.2, 0) is 0 Å². The van der Waals surface area contributed by atoms with Crippen molar-refractivity contribution in [2.45, 2.75) is 38.6 Å². The summed E-state index contributed by atoms with van der Waals surface area (Å²) in [5.74, 6) is 0. The zero-order chi connectivity index (χ0) is 14.5. The molecule has 2 N–H and O–H groups in total. The Morgan fingerprint density at radius 3 is 2.75 bits per heavy atom. The first-order valence-corrected chi connectivity index (χ1v) is 7.44. The molecule has 1 aromatic carbocycles. The Bertz CT molecular complexity index is 473. The van der Waals surface area contributed by atoms with Gasteiger partial charge < -0.3 is 15.3 Å². The maximum Gasteiger partial charge on any atom is 0.322 e. The van der Waals surface area contributed by atoms with Gasteiger partial charge in [0.1, 0.15) is 0 Å². The van der Waals surface area contributed by atoms with E-state index >= 15 is 0 Å². The first-order chi connectivity index (χ1) is 9.61. The lowest BCUT2D eigenvalue weighted by molar-refractivity contribution is 0.163. The average Bonchev–Trinajstić information content (AvgIpc) is 2.94. The van der Waals surface area contributed by atoms with Crippen molar-refractivity contribution < 1.29 is 9.90 Å². The van der Waals surface area contributed by atoms with Crippen molar-refractivity contribution >= 4 is 23.3 Å². The number of hydrogen-bond donors (Lipinski definition) is 2. The van der Waals surface area contributed by atoms with E-state index in [4.69, 9.17) is 16.7 Å². The van der Waals surface area contributed by atoms with Gasteiger partial charge in [-0.3, -0.25) is 0 Å². The number of hydrogen-bond acceptors (Lipinski definition) is 2. The third-order valence-electron chi connectivity index (χ3n) is 3.79. The second-order valence-corrected chi connectivity index (χ2v) is 5.66. The molecule has 0 unspecified atom stereocenters. The molecule has 0 atom stereocenters. The van der Waals surface area contributed by atoms with E-state index in [-0.39, 0.29) is 18.7 Å². The second-order valence-electron chi connectivity index (χ2n) is 5.25. The van der Waals surface area contributed by atoms with Crippen molar-refractivity contribution in [3.05, 3.63) is 28.8 Å². The summed E-state index contributed by atoms with van der Waals surface area (Å²) in [7, 11) is 0. The van der Waals surface area contributed by atoms with Gasteiger partial charge in [-0.25, -0.2) is 4.79 Å². The highest BCUT2D eigenvalue weighted by Crippen LogP contribution is 2.25. The predicted octanol–water partition coefficient (Wildman–Crippen LogP) is 3.42. The number of carbonyl (C=O) groups excluding carboxylic acids is 1. The number of anilines is 1. The van der Waals surface area contributed by atoms with Crippen LogP contribution in [-0.4, -0.2) is 35.2 Å². The van der Waals surface area contributed by atoms with Gasteiger partial charge in [0.15, 0.2) is 0 Å².